The number of ether oxygens (including phenoxy) is 1. The lowest BCUT2D eigenvalue weighted by Gasteiger charge is -2.32. The molecule has 1 N–H and O–H groups in total. The summed E-state index contributed by atoms with van der Waals surface area (Å²) < 4.78 is 5.52. The predicted molar refractivity (Wildman–Crippen MR) is 67.8 cm³/mol. The Labute approximate surface area is 108 Å². The smallest absolute Gasteiger partial charge is 0.334 e. The molecule has 1 saturated heterocycles. The number of esters is 1. The van der Waals surface area contributed by atoms with Crippen molar-refractivity contribution in [2.24, 2.45) is 11.8 Å². The van der Waals surface area contributed by atoms with Gasteiger partial charge in [0.1, 0.15) is 6.10 Å². The third kappa shape index (κ3) is 1.50. The molecule has 1 heterocycles. The summed E-state index contributed by atoms with van der Waals surface area (Å²) in [6.45, 7) is 7.89. The average molecular weight is 248 g/mol. The molecule has 3 rings (SSSR count). The second-order valence-electron chi connectivity index (χ2n) is 6.18. The summed E-state index contributed by atoms with van der Waals surface area (Å²) in [5.74, 6) is -0.223. The van der Waals surface area contributed by atoms with Crippen LogP contribution in [0.3, 0.4) is 0 Å². The van der Waals surface area contributed by atoms with E-state index in [1.807, 2.05) is 6.92 Å². The fourth-order valence-electron chi connectivity index (χ4n) is 3.91. The maximum absolute atomic E-state index is 11.7. The summed E-state index contributed by atoms with van der Waals surface area (Å²) in [4.78, 5) is 11.7. The lowest BCUT2D eigenvalue weighted by atomic mass is 9.79. The maximum Gasteiger partial charge on any atom is 0.334 e. The maximum atomic E-state index is 11.7. The lowest BCUT2D eigenvalue weighted by molar-refractivity contribution is -0.144. The molecule has 0 amide bonds. The molecule has 4 atom stereocenters. The summed E-state index contributed by atoms with van der Waals surface area (Å²) in [6, 6.07) is 0. The number of fused-ring (bicyclic) bond motifs is 3. The van der Waals surface area contributed by atoms with E-state index in [9.17, 15) is 9.90 Å². The first-order valence-electron chi connectivity index (χ1n) is 6.72. The van der Waals surface area contributed by atoms with E-state index in [1.54, 1.807) is 0 Å². The molecule has 3 heteroatoms. The Hall–Kier alpha value is -1.09. The highest BCUT2D eigenvalue weighted by Gasteiger charge is 2.54. The van der Waals surface area contributed by atoms with Crippen molar-refractivity contribution in [3.05, 3.63) is 23.3 Å². The quantitative estimate of drug-likeness (QED) is 0.406. The van der Waals surface area contributed by atoms with E-state index < -0.39 is 5.60 Å². The van der Waals surface area contributed by atoms with Gasteiger partial charge in [-0.15, -0.1) is 0 Å². The van der Waals surface area contributed by atoms with Crippen molar-refractivity contribution in [2.75, 3.05) is 0 Å². The van der Waals surface area contributed by atoms with Crippen LogP contribution in [0.4, 0.5) is 0 Å². The normalized spacial score (nSPS) is 43.6. The van der Waals surface area contributed by atoms with Crippen LogP contribution in [0.25, 0.3) is 0 Å². The van der Waals surface area contributed by atoms with Crippen molar-refractivity contribution in [3.63, 3.8) is 0 Å². The summed E-state index contributed by atoms with van der Waals surface area (Å²) in [6.07, 6.45) is 3.39. The van der Waals surface area contributed by atoms with Crippen LogP contribution in [0, 0.1) is 11.8 Å². The van der Waals surface area contributed by atoms with Crippen LogP contribution in [-0.4, -0.2) is 22.8 Å². The van der Waals surface area contributed by atoms with Gasteiger partial charge in [-0.25, -0.2) is 4.79 Å². The van der Waals surface area contributed by atoms with Crippen LogP contribution in [0.1, 0.15) is 39.5 Å². The van der Waals surface area contributed by atoms with Gasteiger partial charge in [-0.3, -0.25) is 0 Å². The molecule has 0 bridgehead atoms. The highest BCUT2D eigenvalue weighted by atomic mass is 16.6. The van der Waals surface area contributed by atoms with Gasteiger partial charge in [-0.05, 0) is 39.5 Å². The third-order valence-electron chi connectivity index (χ3n) is 5.00. The van der Waals surface area contributed by atoms with Gasteiger partial charge in [0.25, 0.3) is 0 Å². The first-order valence-corrected chi connectivity index (χ1v) is 6.72. The second kappa shape index (κ2) is 3.70. The summed E-state index contributed by atoms with van der Waals surface area (Å²) in [5.41, 5.74) is 2.53. The third-order valence-corrected chi connectivity index (χ3v) is 5.00. The van der Waals surface area contributed by atoms with E-state index in [0.29, 0.717) is 5.57 Å². The van der Waals surface area contributed by atoms with Crippen molar-refractivity contribution >= 4 is 5.97 Å². The number of rotatable bonds is 0. The standard InChI is InChI=1S/C15H20O3/c1-8-4-5-11-9(2)14(16)18-13(11)12-10(8)6-7-15(12,3)17/h11-13,17H,2,4-7H2,1,3H3/t11-,12+,13+,15+/m0/s1. The number of carbonyl (C=O) groups is 1. The first-order chi connectivity index (χ1) is 8.42. The highest BCUT2D eigenvalue weighted by molar-refractivity contribution is 5.91. The van der Waals surface area contributed by atoms with Crippen molar-refractivity contribution < 1.29 is 14.6 Å². The van der Waals surface area contributed by atoms with Crippen LogP contribution in [0.15, 0.2) is 23.3 Å². The van der Waals surface area contributed by atoms with Crippen LogP contribution in [-0.2, 0) is 9.53 Å². The summed E-state index contributed by atoms with van der Waals surface area (Å²) in [7, 11) is 0. The van der Waals surface area contributed by atoms with Crippen molar-refractivity contribution in [3.8, 4) is 0 Å². The molecule has 2 aliphatic carbocycles. The SMILES string of the molecule is C=C1C(=O)O[C@H]2[C@H]3C(=C(C)CC[C@@H]12)CC[C@@]3(C)O. The Morgan fingerprint density at radius 3 is 2.89 bits per heavy atom. The zero-order valence-corrected chi connectivity index (χ0v) is 11.0. The van der Waals surface area contributed by atoms with E-state index in [2.05, 4.69) is 13.5 Å². The van der Waals surface area contributed by atoms with Gasteiger partial charge >= 0.3 is 5.97 Å². The van der Waals surface area contributed by atoms with Crippen molar-refractivity contribution in [2.45, 2.75) is 51.2 Å². The number of aliphatic hydroxyl groups is 1. The number of hydrogen-bond acceptors (Lipinski definition) is 3. The fraction of sp³-hybridized carbons (Fsp3) is 0.667. The van der Waals surface area contributed by atoms with Gasteiger partial charge in [0.2, 0.25) is 0 Å². The van der Waals surface area contributed by atoms with E-state index in [4.69, 9.17) is 4.74 Å². The van der Waals surface area contributed by atoms with E-state index in [-0.39, 0.29) is 23.9 Å². The van der Waals surface area contributed by atoms with Crippen molar-refractivity contribution in [1.29, 1.82) is 0 Å². The molecule has 18 heavy (non-hydrogen) atoms. The zero-order valence-electron chi connectivity index (χ0n) is 11.0. The predicted octanol–water partition coefficient (Wildman–Crippen LogP) is 2.36. The van der Waals surface area contributed by atoms with Gasteiger partial charge < -0.3 is 9.84 Å². The van der Waals surface area contributed by atoms with E-state index >= 15 is 0 Å². The molecule has 98 valence electrons. The Balaban J connectivity index is 2.06. The van der Waals surface area contributed by atoms with Gasteiger partial charge in [0.05, 0.1) is 5.60 Å². The monoisotopic (exact) mass is 248 g/mol. The van der Waals surface area contributed by atoms with Gasteiger partial charge in [0.15, 0.2) is 0 Å². The molecule has 0 aromatic rings. The molecule has 3 aliphatic rings. The molecule has 3 nitrogen and oxygen atoms in total. The molecule has 1 saturated carbocycles. The Morgan fingerprint density at radius 1 is 1.44 bits per heavy atom. The van der Waals surface area contributed by atoms with Crippen molar-refractivity contribution in [1.82, 2.24) is 0 Å². The van der Waals surface area contributed by atoms with Crippen LogP contribution >= 0.6 is 0 Å². The lowest BCUT2D eigenvalue weighted by Crippen LogP contribution is -2.40. The molecule has 0 unspecified atom stereocenters. The Bertz CT molecular complexity index is 458. The molecule has 0 aromatic heterocycles. The van der Waals surface area contributed by atoms with Gasteiger partial charge in [-0.2, -0.15) is 0 Å². The minimum absolute atomic E-state index is 0.0341. The molecule has 0 aromatic carbocycles. The van der Waals surface area contributed by atoms with Gasteiger partial charge in [0, 0.05) is 17.4 Å². The molecule has 2 fully saturated rings. The minimum Gasteiger partial charge on any atom is -0.458 e. The number of allylic oxidation sites excluding steroid dienone is 1. The second-order valence-corrected chi connectivity index (χ2v) is 6.18. The Kier molecular flexibility index (Phi) is 2.46. The highest BCUT2D eigenvalue weighted by Crippen LogP contribution is 2.52. The molecule has 0 radical (unpaired) electrons. The molecule has 0 spiro atoms. The minimum atomic E-state index is -0.755. The summed E-state index contributed by atoms with van der Waals surface area (Å²) >= 11 is 0. The van der Waals surface area contributed by atoms with Crippen LogP contribution in [0.5, 0.6) is 0 Å². The Morgan fingerprint density at radius 2 is 2.17 bits per heavy atom. The fourth-order valence-corrected chi connectivity index (χ4v) is 3.91. The molecular weight excluding hydrogens is 228 g/mol. The molecular formula is C15H20O3. The van der Waals surface area contributed by atoms with E-state index in [1.165, 1.54) is 11.1 Å². The van der Waals surface area contributed by atoms with Crippen LogP contribution < -0.4 is 0 Å². The van der Waals surface area contributed by atoms with E-state index in [0.717, 1.165) is 25.7 Å². The largest absolute Gasteiger partial charge is 0.458 e. The number of carbonyl (C=O) groups excluding carboxylic acids is 1. The molecule has 1 aliphatic heterocycles. The first kappa shape index (κ1) is 12.0. The summed E-state index contributed by atoms with van der Waals surface area (Å²) in [5, 5.41) is 10.6. The van der Waals surface area contributed by atoms with Crippen LogP contribution in [0.2, 0.25) is 0 Å². The average Bonchev–Trinajstić information content (AvgIpc) is 2.69. The number of hydrogen-bond donors (Lipinski definition) is 1. The zero-order chi connectivity index (χ0) is 13.1. The topological polar surface area (TPSA) is 46.5 Å². The van der Waals surface area contributed by atoms with Gasteiger partial charge in [-0.1, -0.05) is 17.7 Å².